The summed E-state index contributed by atoms with van der Waals surface area (Å²) in [6, 6.07) is 13.6. The number of halogens is 1. The van der Waals surface area contributed by atoms with Gasteiger partial charge in [-0.05, 0) is 42.8 Å². The summed E-state index contributed by atoms with van der Waals surface area (Å²) in [6.45, 7) is 2.48. The molecule has 120 valence electrons. The van der Waals surface area contributed by atoms with Gasteiger partial charge in [0.2, 0.25) is 5.91 Å². The topological polar surface area (TPSA) is 38.3 Å². The number of para-hydroxylation sites is 1. The molecular formula is C18H18ClNO2S. The molecule has 2 rings (SSSR count). The third kappa shape index (κ3) is 5.05. The monoisotopic (exact) mass is 347 g/mol. The maximum atomic E-state index is 11.4. The van der Waals surface area contributed by atoms with Crippen molar-refractivity contribution in [2.75, 3.05) is 13.7 Å². The van der Waals surface area contributed by atoms with Gasteiger partial charge in [0.25, 0.3) is 0 Å². The maximum absolute atomic E-state index is 11.4. The Morgan fingerprint density at radius 2 is 2.09 bits per heavy atom. The lowest BCUT2D eigenvalue weighted by molar-refractivity contribution is -0.116. The van der Waals surface area contributed by atoms with Gasteiger partial charge in [0, 0.05) is 22.5 Å². The number of benzene rings is 2. The average molecular weight is 348 g/mol. The standard InChI is InChI=1S/C18H18ClNO2S/c1-3-20-18(21)11-9-13-8-10-14(12-15(13)19)23-17-7-5-4-6-16(17)22-2/h4-12H,3H2,1-2H3,(H,20,21). The highest BCUT2D eigenvalue weighted by molar-refractivity contribution is 7.99. The first-order chi connectivity index (χ1) is 11.1. The van der Waals surface area contributed by atoms with Gasteiger partial charge in [-0.2, -0.15) is 0 Å². The second-order valence-electron chi connectivity index (χ2n) is 4.66. The summed E-state index contributed by atoms with van der Waals surface area (Å²) in [5.41, 5.74) is 0.808. The second-order valence-corrected chi connectivity index (χ2v) is 6.19. The third-order valence-electron chi connectivity index (χ3n) is 3.03. The molecule has 0 aliphatic carbocycles. The van der Waals surface area contributed by atoms with Crippen LogP contribution >= 0.6 is 23.4 Å². The number of hydrogen-bond acceptors (Lipinski definition) is 3. The molecule has 2 aromatic rings. The summed E-state index contributed by atoms with van der Waals surface area (Å²) in [6.07, 6.45) is 3.20. The quantitative estimate of drug-likeness (QED) is 0.773. The van der Waals surface area contributed by atoms with Crippen molar-refractivity contribution in [1.29, 1.82) is 0 Å². The Morgan fingerprint density at radius 1 is 1.30 bits per heavy atom. The van der Waals surface area contributed by atoms with Crippen molar-refractivity contribution in [1.82, 2.24) is 5.32 Å². The number of carbonyl (C=O) groups excluding carboxylic acids is 1. The van der Waals surface area contributed by atoms with Gasteiger partial charge in [0.05, 0.1) is 12.0 Å². The fourth-order valence-electron chi connectivity index (χ4n) is 1.94. The molecule has 0 saturated heterocycles. The first-order valence-electron chi connectivity index (χ1n) is 7.20. The van der Waals surface area contributed by atoms with E-state index in [4.69, 9.17) is 16.3 Å². The van der Waals surface area contributed by atoms with Gasteiger partial charge < -0.3 is 10.1 Å². The van der Waals surface area contributed by atoms with E-state index in [0.717, 1.165) is 21.1 Å². The number of hydrogen-bond donors (Lipinski definition) is 1. The zero-order valence-corrected chi connectivity index (χ0v) is 14.6. The van der Waals surface area contributed by atoms with Crippen molar-refractivity contribution in [3.63, 3.8) is 0 Å². The van der Waals surface area contributed by atoms with Crippen molar-refractivity contribution >= 4 is 35.3 Å². The molecule has 0 spiro atoms. The largest absolute Gasteiger partial charge is 0.496 e. The Balaban J connectivity index is 2.14. The molecule has 0 bridgehead atoms. The van der Waals surface area contributed by atoms with Crippen LogP contribution in [0.2, 0.25) is 5.02 Å². The molecule has 0 heterocycles. The normalized spacial score (nSPS) is 10.7. The minimum atomic E-state index is -0.129. The van der Waals surface area contributed by atoms with E-state index in [1.165, 1.54) is 6.08 Å². The summed E-state index contributed by atoms with van der Waals surface area (Å²) in [4.78, 5) is 13.5. The number of ether oxygens (including phenoxy) is 1. The zero-order valence-electron chi connectivity index (χ0n) is 13.0. The molecule has 0 atom stereocenters. The third-order valence-corrected chi connectivity index (χ3v) is 4.41. The van der Waals surface area contributed by atoms with Gasteiger partial charge in [0.15, 0.2) is 0 Å². The van der Waals surface area contributed by atoms with Gasteiger partial charge in [-0.25, -0.2) is 0 Å². The molecule has 1 N–H and O–H groups in total. The molecule has 5 heteroatoms. The zero-order chi connectivity index (χ0) is 16.7. The van der Waals surface area contributed by atoms with Gasteiger partial charge in [-0.3, -0.25) is 4.79 Å². The fourth-order valence-corrected chi connectivity index (χ4v) is 3.21. The van der Waals surface area contributed by atoms with Crippen molar-refractivity contribution in [3.8, 4) is 5.75 Å². The molecule has 0 aromatic heterocycles. The Bertz CT molecular complexity index is 716. The first-order valence-corrected chi connectivity index (χ1v) is 8.39. The van der Waals surface area contributed by atoms with Crippen molar-refractivity contribution < 1.29 is 9.53 Å². The number of methoxy groups -OCH3 is 1. The Hall–Kier alpha value is -1.91. The van der Waals surface area contributed by atoms with Crippen LogP contribution in [0.5, 0.6) is 5.75 Å². The Kier molecular flexibility index (Phi) is 6.56. The van der Waals surface area contributed by atoms with E-state index in [2.05, 4.69) is 5.32 Å². The van der Waals surface area contributed by atoms with E-state index in [0.29, 0.717) is 11.6 Å². The van der Waals surface area contributed by atoms with Crippen LogP contribution in [0.3, 0.4) is 0 Å². The van der Waals surface area contributed by atoms with Crippen LogP contribution in [0, 0.1) is 0 Å². The highest BCUT2D eigenvalue weighted by atomic mass is 35.5. The molecule has 3 nitrogen and oxygen atoms in total. The van der Waals surface area contributed by atoms with Gasteiger partial charge in [-0.1, -0.05) is 41.6 Å². The molecule has 0 aliphatic heterocycles. The van der Waals surface area contributed by atoms with Gasteiger partial charge >= 0.3 is 0 Å². The number of nitrogens with one attached hydrogen (secondary N) is 1. The van der Waals surface area contributed by atoms with Gasteiger partial charge in [0.1, 0.15) is 5.75 Å². The van der Waals surface area contributed by atoms with Crippen LogP contribution in [0.25, 0.3) is 6.08 Å². The predicted molar refractivity (Wildman–Crippen MR) is 96.3 cm³/mol. The minimum Gasteiger partial charge on any atom is -0.496 e. The first kappa shape index (κ1) is 17.4. The van der Waals surface area contributed by atoms with E-state index < -0.39 is 0 Å². The summed E-state index contributed by atoms with van der Waals surface area (Å²) >= 11 is 7.88. The van der Waals surface area contributed by atoms with Crippen LogP contribution in [0.15, 0.2) is 58.3 Å². The Morgan fingerprint density at radius 3 is 2.78 bits per heavy atom. The van der Waals surface area contributed by atoms with Crippen molar-refractivity contribution in [2.24, 2.45) is 0 Å². The summed E-state index contributed by atoms with van der Waals surface area (Å²) < 4.78 is 5.35. The molecule has 0 radical (unpaired) electrons. The minimum absolute atomic E-state index is 0.129. The number of amides is 1. The van der Waals surface area contributed by atoms with Crippen LogP contribution in [-0.2, 0) is 4.79 Å². The van der Waals surface area contributed by atoms with Crippen LogP contribution in [0.1, 0.15) is 12.5 Å². The number of rotatable bonds is 6. The summed E-state index contributed by atoms with van der Waals surface area (Å²) in [5, 5.41) is 3.31. The van der Waals surface area contributed by atoms with E-state index in [1.807, 2.05) is 49.4 Å². The average Bonchev–Trinajstić information content (AvgIpc) is 2.55. The molecule has 0 fully saturated rings. The lowest BCUT2D eigenvalue weighted by atomic mass is 10.2. The smallest absolute Gasteiger partial charge is 0.243 e. The van der Waals surface area contributed by atoms with E-state index in [1.54, 1.807) is 24.9 Å². The summed E-state index contributed by atoms with van der Waals surface area (Å²) in [5.74, 6) is 0.699. The maximum Gasteiger partial charge on any atom is 0.243 e. The predicted octanol–water partition coefficient (Wildman–Crippen LogP) is 4.65. The molecule has 23 heavy (non-hydrogen) atoms. The number of likely N-dealkylation sites (N-methyl/N-ethyl adjacent to an activating group) is 1. The number of carbonyl (C=O) groups is 1. The lowest BCUT2D eigenvalue weighted by Crippen LogP contribution is -2.19. The van der Waals surface area contributed by atoms with E-state index >= 15 is 0 Å². The van der Waals surface area contributed by atoms with Crippen LogP contribution in [-0.4, -0.2) is 19.6 Å². The van der Waals surface area contributed by atoms with Crippen molar-refractivity contribution in [2.45, 2.75) is 16.7 Å². The fraction of sp³-hybridized carbons (Fsp3) is 0.167. The van der Waals surface area contributed by atoms with Crippen molar-refractivity contribution in [3.05, 3.63) is 59.1 Å². The molecule has 0 aliphatic rings. The van der Waals surface area contributed by atoms with E-state index in [-0.39, 0.29) is 5.91 Å². The Labute approximate surface area is 145 Å². The lowest BCUT2D eigenvalue weighted by Gasteiger charge is -2.08. The summed E-state index contributed by atoms with van der Waals surface area (Å²) in [7, 11) is 1.65. The highest BCUT2D eigenvalue weighted by Crippen LogP contribution is 2.36. The molecule has 2 aromatic carbocycles. The molecular weight excluding hydrogens is 330 g/mol. The highest BCUT2D eigenvalue weighted by Gasteiger charge is 2.06. The molecule has 0 unspecified atom stereocenters. The van der Waals surface area contributed by atoms with Gasteiger partial charge in [-0.15, -0.1) is 0 Å². The van der Waals surface area contributed by atoms with Crippen LogP contribution < -0.4 is 10.1 Å². The SMILES string of the molecule is CCNC(=O)C=Cc1ccc(Sc2ccccc2OC)cc1Cl. The van der Waals surface area contributed by atoms with E-state index in [9.17, 15) is 4.79 Å². The van der Waals surface area contributed by atoms with Crippen LogP contribution in [0.4, 0.5) is 0 Å². The molecule has 1 amide bonds. The molecule has 0 saturated carbocycles. The second kappa shape index (κ2) is 8.65.